The Kier molecular flexibility index (Phi) is 8.25. The number of aromatic nitrogens is 1. The monoisotopic (exact) mass is 477 g/mol. The number of amides is 2. The van der Waals surface area contributed by atoms with Crippen LogP contribution in [-0.4, -0.2) is 59.3 Å². The van der Waals surface area contributed by atoms with E-state index >= 15 is 0 Å². The molecule has 3 aromatic rings. The smallest absolute Gasteiger partial charge is 0.313 e. The highest BCUT2D eigenvalue weighted by Crippen LogP contribution is 2.22. The molecule has 0 saturated carbocycles. The Balaban J connectivity index is 1.35. The van der Waals surface area contributed by atoms with Crippen LogP contribution in [0.2, 0.25) is 5.02 Å². The first-order valence-corrected chi connectivity index (χ1v) is 11.7. The van der Waals surface area contributed by atoms with Gasteiger partial charge in [0.05, 0.1) is 6.04 Å². The molecule has 1 saturated heterocycles. The normalized spacial score (nSPS) is 15.4. The Hall–Kier alpha value is -3.26. The van der Waals surface area contributed by atoms with E-state index in [1.807, 2.05) is 24.4 Å². The fourth-order valence-electron chi connectivity index (χ4n) is 4.13. The van der Waals surface area contributed by atoms with Gasteiger partial charge in [-0.05, 0) is 35.4 Å². The van der Waals surface area contributed by atoms with Crippen molar-refractivity contribution >= 4 is 29.1 Å². The standard InChI is InChI=1S/C26H28ClN5O2/c27-22-9-4-10-23(16-22)30-26(34)25(33)29-18-24(21-8-5-11-28-17-21)32-14-12-31(13-15-32)19-20-6-2-1-3-7-20/h1-11,16-17,24H,12-15,18-19H2,(H,29,33)(H,30,34)/t24-/m0/s1. The summed E-state index contributed by atoms with van der Waals surface area (Å²) in [5, 5.41) is 5.87. The van der Waals surface area contributed by atoms with Crippen LogP contribution in [0.3, 0.4) is 0 Å². The number of piperazine rings is 1. The number of hydrogen-bond acceptors (Lipinski definition) is 5. The third-order valence-corrected chi connectivity index (χ3v) is 6.15. The number of pyridine rings is 1. The summed E-state index contributed by atoms with van der Waals surface area (Å²) in [7, 11) is 0. The number of benzene rings is 2. The Bertz CT molecular complexity index is 1090. The van der Waals surface area contributed by atoms with E-state index in [-0.39, 0.29) is 6.04 Å². The van der Waals surface area contributed by atoms with Gasteiger partial charge in [0, 0.05) is 62.4 Å². The van der Waals surface area contributed by atoms with Crippen LogP contribution in [0.5, 0.6) is 0 Å². The van der Waals surface area contributed by atoms with Crippen molar-refractivity contribution in [2.45, 2.75) is 12.6 Å². The van der Waals surface area contributed by atoms with Crippen molar-refractivity contribution in [3.05, 3.63) is 95.3 Å². The Morgan fingerprint density at radius 2 is 1.74 bits per heavy atom. The lowest BCUT2D eigenvalue weighted by molar-refractivity contribution is -0.136. The summed E-state index contributed by atoms with van der Waals surface area (Å²) in [6, 6.07) is 21.0. The first-order chi connectivity index (χ1) is 16.6. The summed E-state index contributed by atoms with van der Waals surface area (Å²) in [4.78, 5) is 33.9. The molecule has 2 heterocycles. The van der Waals surface area contributed by atoms with Crippen LogP contribution in [0.15, 0.2) is 79.1 Å². The molecule has 2 N–H and O–H groups in total. The molecule has 1 fully saturated rings. The number of halogens is 1. The third-order valence-electron chi connectivity index (χ3n) is 5.91. The van der Waals surface area contributed by atoms with Crippen molar-refractivity contribution in [2.75, 3.05) is 38.0 Å². The highest BCUT2D eigenvalue weighted by molar-refractivity contribution is 6.39. The second-order valence-corrected chi connectivity index (χ2v) is 8.71. The van der Waals surface area contributed by atoms with Gasteiger partial charge >= 0.3 is 11.8 Å². The predicted molar refractivity (Wildman–Crippen MR) is 133 cm³/mol. The number of carbonyl (C=O) groups is 2. The van der Waals surface area contributed by atoms with E-state index in [1.54, 1.807) is 30.5 Å². The van der Waals surface area contributed by atoms with Crippen molar-refractivity contribution in [1.82, 2.24) is 20.1 Å². The minimum Gasteiger partial charge on any atom is -0.346 e. The van der Waals surface area contributed by atoms with E-state index in [2.05, 4.69) is 49.7 Å². The number of hydrogen-bond donors (Lipinski definition) is 2. The van der Waals surface area contributed by atoms with Gasteiger partial charge in [-0.15, -0.1) is 0 Å². The lowest BCUT2D eigenvalue weighted by Crippen LogP contribution is -2.50. The van der Waals surface area contributed by atoms with E-state index in [1.165, 1.54) is 5.56 Å². The van der Waals surface area contributed by atoms with Gasteiger partial charge in [0.2, 0.25) is 0 Å². The first-order valence-electron chi connectivity index (χ1n) is 11.3. The fourth-order valence-corrected chi connectivity index (χ4v) is 4.32. The fraction of sp³-hybridized carbons (Fsp3) is 0.269. The Morgan fingerprint density at radius 3 is 2.44 bits per heavy atom. The van der Waals surface area contributed by atoms with E-state index in [0.29, 0.717) is 17.3 Å². The predicted octanol–water partition coefficient (Wildman–Crippen LogP) is 3.35. The van der Waals surface area contributed by atoms with E-state index in [4.69, 9.17) is 11.6 Å². The van der Waals surface area contributed by atoms with Gasteiger partial charge in [-0.3, -0.25) is 24.4 Å². The molecule has 34 heavy (non-hydrogen) atoms. The zero-order valence-corrected chi connectivity index (χ0v) is 19.6. The molecule has 0 unspecified atom stereocenters. The molecule has 1 atom stereocenters. The third kappa shape index (κ3) is 6.63. The van der Waals surface area contributed by atoms with Crippen molar-refractivity contribution in [3.63, 3.8) is 0 Å². The molecule has 8 heteroatoms. The Labute approximate surface area is 204 Å². The first kappa shape index (κ1) is 23.9. The molecular formula is C26H28ClN5O2. The van der Waals surface area contributed by atoms with Crippen molar-refractivity contribution in [1.29, 1.82) is 0 Å². The van der Waals surface area contributed by atoms with Gasteiger partial charge in [0.15, 0.2) is 0 Å². The van der Waals surface area contributed by atoms with Crippen LogP contribution in [0.1, 0.15) is 17.2 Å². The molecule has 0 bridgehead atoms. The van der Waals surface area contributed by atoms with Gasteiger partial charge in [-0.2, -0.15) is 0 Å². The second-order valence-electron chi connectivity index (χ2n) is 8.27. The molecule has 176 valence electrons. The number of nitrogens with one attached hydrogen (secondary N) is 2. The van der Waals surface area contributed by atoms with Gasteiger partial charge in [-0.25, -0.2) is 0 Å². The molecule has 7 nitrogen and oxygen atoms in total. The van der Waals surface area contributed by atoms with E-state index < -0.39 is 11.8 Å². The maximum Gasteiger partial charge on any atom is 0.313 e. The summed E-state index contributed by atoms with van der Waals surface area (Å²) in [5.41, 5.74) is 2.79. The van der Waals surface area contributed by atoms with Crippen molar-refractivity contribution in [3.8, 4) is 0 Å². The summed E-state index contributed by atoms with van der Waals surface area (Å²) < 4.78 is 0. The molecular weight excluding hydrogens is 450 g/mol. The van der Waals surface area contributed by atoms with Crippen LogP contribution in [0, 0.1) is 0 Å². The molecule has 2 aromatic carbocycles. The van der Waals surface area contributed by atoms with E-state index in [9.17, 15) is 9.59 Å². The topological polar surface area (TPSA) is 77.6 Å². The summed E-state index contributed by atoms with van der Waals surface area (Å²) in [5.74, 6) is -1.41. The van der Waals surface area contributed by atoms with Crippen LogP contribution >= 0.6 is 11.6 Å². The average molecular weight is 478 g/mol. The zero-order chi connectivity index (χ0) is 23.8. The van der Waals surface area contributed by atoms with Gasteiger partial charge < -0.3 is 10.6 Å². The lowest BCUT2D eigenvalue weighted by Gasteiger charge is -2.39. The minimum absolute atomic E-state index is 0.0736. The maximum atomic E-state index is 12.5. The number of anilines is 1. The highest BCUT2D eigenvalue weighted by Gasteiger charge is 2.26. The van der Waals surface area contributed by atoms with Crippen LogP contribution in [0.25, 0.3) is 0 Å². The van der Waals surface area contributed by atoms with Gasteiger partial charge in [0.25, 0.3) is 0 Å². The molecule has 0 spiro atoms. The number of nitrogens with zero attached hydrogens (tertiary/aromatic N) is 3. The Morgan fingerprint density at radius 1 is 0.941 bits per heavy atom. The molecule has 1 aromatic heterocycles. The lowest BCUT2D eigenvalue weighted by atomic mass is 10.1. The zero-order valence-electron chi connectivity index (χ0n) is 18.9. The minimum atomic E-state index is -0.722. The van der Waals surface area contributed by atoms with Crippen molar-refractivity contribution < 1.29 is 9.59 Å². The van der Waals surface area contributed by atoms with Crippen molar-refractivity contribution in [2.24, 2.45) is 0 Å². The van der Waals surface area contributed by atoms with Gasteiger partial charge in [-0.1, -0.05) is 54.1 Å². The SMILES string of the molecule is O=C(NC[C@@H](c1cccnc1)N1CCN(Cc2ccccc2)CC1)C(=O)Nc1cccc(Cl)c1. The molecule has 1 aliphatic heterocycles. The summed E-state index contributed by atoms with van der Waals surface area (Å²) >= 11 is 5.95. The molecule has 4 rings (SSSR count). The van der Waals surface area contributed by atoms with Crippen LogP contribution < -0.4 is 10.6 Å². The van der Waals surface area contributed by atoms with Crippen LogP contribution in [-0.2, 0) is 16.1 Å². The maximum absolute atomic E-state index is 12.5. The largest absolute Gasteiger partial charge is 0.346 e. The molecule has 0 aliphatic carbocycles. The quantitative estimate of drug-likeness (QED) is 0.510. The highest BCUT2D eigenvalue weighted by atomic mass is 35.5. The second kappa shape index (κ2) is 11.7. The summed E-state index contributed by atoms with van der Waals surface area (Å²) in [6.45, 7) is 4.80. The van der Waals surface area contributed by atoms with Gasteiger partial charge in [0.1, 0.15) is 0 Å². The van der Waals surface area contributed by atoms with E-state index in [0.717, 1.165) is 38.3 Å². The molecule has 1 aliphatic rings. The number of rotatable bonds is 7. The molecule has 0 radical (unpaired) electrons. The number of carbonyl (C=O) groups excluding carboxylic acids is 2. The average Bonchev–Trinajstić information content (AvgIpc) is 2.86. The molecule has 2 amide bonds. The summed E-state index contributed by atoms with van der Waals surface area (Å²) in [6.07, 6.45) is 3.55. The van der Waals surface area contributed by atoms with Crippen LogP contribution in [0.4, 0.5) is 5.69 Å².